The number of aromatic nitrogens is 2. The van der Waals surface area contributed by atoms with Crippen LogP contribution in [0.2, 0.25) is 0 Å². The summed E-state index contributed by atoms with van der Waals surface area (Å²) in [4.78, 5) is 13.7. The lowest BCUT2D eigenvalue weighted by Gasteiger charge is -2.18. The van der Waals surface area contributed by atoms with Gasteiger partial charge < -0.3 is 10.2 Å². The Balaban J connectivity index is 2.44. The summed E-state index contributed by atoms with van der Waals surface area (Å²) < 4.78 is 0.800. The minimum Gasteiger partial charge on any atom is -0.360 e. The van der Waals surface area contributed by atoms with Crippen LogP contribution < -0.4 is 5.32 Å². The molecule has 1 heterocycles. The van der Waals surface area contributed by atoms with Crippen LogP contribution in [0.4, 0.5) is 5.13 Å². The topological polar surface area (TPSA) is 58.1 Å². The van der Waals surface area contributed by atoms with E-state index < -0.39 is 0 Å². The molecule has 0 saturated heterocycles. The highest BCUT2D eigenvalue weighted by Crippen LogP contribution is 2.25. The van der Waals surface area contributed by atoms with E-state index in [1.165, 1.54) is 23.1 Å². The lowest BCUT2D eigenvalue weighted by Crippen LogP contribution is -2.32. The number of carbonyl (C=O) groups excluding carboxylic acids is 1. The summed E-state index contributed by atoms with van der Waals surface area (Å²) in [5, 5.41) is 12.1. The van der Waals surface area contributed by atoms with Gasteiger partial charge in [-0.1, -0.05) is 42.2 Å². The SMILES string of the molecule is C=CCN(CC=C)C(=O)CSc1nnc(NCCC)s1. The van der Waals surface area contributed by atoms with Crippen LogP contribution in [-0.4, -0.2) is 46.4 Å². The number of rotatable bonds is 10. The first kappa shape index (κ1) is 16.7. The second-order valence-corrected chi connectivity index (χ2v) is 6.16. The van der Waals surface area contributed by atoms with E-state index in [4.69, 9.17) is 0 Å². The van der Waals surface area contributed by atoms with Gasteiger partial charge in [-0.15, -0.1) is 23.4 Å². The van der Waals surface area contributed by atoms with E-state index in [0.717, 1.165) is 22.4 Å². The van der Waals surface area contributed by atoms with E-state index in [2.05, 4.69) is 35.6 Å². The third kappa shape index (κ3) is 5.75. The van der Waals surface area contributed by atoms with Crippen molar-refractivity contribution in [1.82, 2.24) is 15.1 Å². The summed E-state index contributed by atoms with van der Waals surface area (Å²) in [5.41, 5.74) is 0. The van der Waals surface area contributed by atoms with E-state index in [1.54, 1.807) is 17.1 Å². The Morgan fingerprint density at radius 1 is 1.40 bits per heavy atom. The summed E-state index contributed by atoms with van der Waals surface area (Å²) in [7, 11) is 0. The molecule has 0 atom stereocenters. The molecule has 1 rings (SSSR count). The summed E-state index contributed by atoms with van der Waals surface area (Å²) in [6.45, 7) is 11.3. The van der Waals surface area contributed by atoms with Crippen molar-refractivity contribution in [3.05, 3.63) is 25.3 Å². The fourth-order valence-corrected chi connectivity index (χ4v) is 3.06. The minimum absolute atomic E-state index is 0.0491. The predicted octanol–water partition coefficient (Wildman–Crippen LogP) is 2.65. The molecule has 0 spiro atoms. The number of nitrogens with zero attached hydrogens (tertiary/aromatic N) is 3. The largest absolute Gasteiger partial charge is 0.360 e. The predicted molar refractivity (Wildman–Crippen MR) is 86.4 cm³/mol. The van der Waals surface area contributed by atoms with Gasteiger partial charge in [0.1, 0.15) is 0 Å². The van der Waals surface area contributed by atoms with Gasteiger partial charge in [-0.25, -0.2) is 0 Å². The third-order valence-electron chi connectivity index (χ3n) is 2.30. The highest BCUT2D eigenvalue weighted by atomic mass is 32.2. The molecule has 0 unspecified atom stereocenters. The van der Waals surface area contributed by atoms with Crippen molar-refractivity contribution in [2.45, 2.75) is 17.7 Å². The number of hydrogen-bond acceptors (Lipinski definition) is 6. The van der Waals surface area contributed by atoms with Crippen molar-refractivity contribution in [3.8, 4) is 0 Å². The standard InChI is InChI=1S/C13H20N4OS2/c1-4-7-14-12-15-16-13(20-12)19-10-11(18)17(8-5-2)9-6-3/h5-6H,2-4,7-10H2,1H3,(H,14,15). The van der Waals surface area contributed by atoms with E-state index in [-0.39, 0.29) is 5.91 Å². The molecule has 1 aromatic rings. The van der Waals surface area contributed by atoms with E-state index in [9.17, 15) is 4.79 Å². The Kier molecular flexibility index (Phi) is 7.98. The molecule has 0 bridgehead atoms. The fourth-order valence-electron chi connectivity index (χ4n) is 1.38. The Morgan fingerprint density at radius 3 is 2.70 bits per heavy atom. The molecule has 0 aliphatic rings. The molecule has 20 heavy (non-hydrogen) atoms. The molecule has 0 fully saturated rings. The molecule has 7 heteroatoms. The van der Waals surface area contributed by atoms with Crippen molar-refractivity contribution >= 4 is 34.1 Å². The van der Waals surface area contributed by atoms with Gasteiger partial charge in [0.25, 0.3) is 0 Å². The zero-order chi connectivity index (χ0) is 14.8. The van der Waals surface area contributed by atoms with Crippen LogP contribution in [0.5, 0.6) is 0 Å². The molecule has 0 saturated carbocycles. The summed E-state index contributed by atoms with van der Waals surface area (Å²) in [6.07, 6.45) is 4.46. The Labute approximate surface area is 128 Å². The van der Waals surface area contributed by atoms with Gasteiger partial charge in [-0.2, -0.15) is 0 Å². The molecule has 0 aliphatic carbocycles. The van der Waals surface area contributed by atoms with Crippen LogP contribution in [0.3, 0.4) is 0 Å². The quantitative estimate of drug-likeness (QED) is 0.532. The highest BCUT2D eigenvalue weighted by molar-refractivity contribution is 8.01. The van der Waals surface area contributed by atoms with Crippen molar-refractivity contribution in [1.29, 1.82) is 0 Å². The first-order valence-corrected chi connectivity index (χ1v) is 8.21. The first-order valence-electron chi connectivity index (χ1n) is 6.41. The molecule has 1 N–H and O–H groups in total. The van der Waals surface area contributed by atoms with Crippen LogP contribution in [0, 0.1) is 0 Å². The maximum atomic E-state index is 12.0. The average molecular weight is 312 g/mol. The fraction of sp³-hybridized carbons (Fsp3) is 0.462. The monoisotopic (exact) mass is 312 g/mol. The van der Waals surface area contributed by atoms with Gasteiger partial charge in [0.15, 0.2) is 4.34 Å². The molecular formula is C13H20N4OS2. The number of amides is 1. The molecule has 1 aromatic heterocycles. The molecule has 0 radical (unpaired) electrons. The number of carbonyl (C=O) groups is 1. The Bertz CT molecular complexity index is 437. The number of hydrogen-bond donors (Lipinski definition) is 1. The van der Waals surface area contributed by atoms with Crippen LogP contribution in [-0.2, 0) is 4.79 Å². The van der Waals surface area contributed by atoms with Crippen molar-refractivity contribution < 1.29 is 4.79 Å². The minimum atomic E-state index is 0.0491. The molecular weight excluding hydrogens is 292 g/mol. The van der Waals surface area contributed by atoms with Gasteiger partial charge in [-0.05, 0) is 6.42 Å². The van der Waals surface area contributed by atoms with Gasteiger partial charge in [0, 0.05) is 19.6 Å². The maximum Gasteiger partial charge on any atom is 0.233 e. The number of nitrogens with one attached hydrogen (secondary N) is 1. The smallest absolute Gasteiger partial charge is 0.233 e. The van der Waals surface area contributed by atoms with Gasteiger partial charge in [0.05, 0.1) is 5.75 Å². The van der Waals surface area contributed by atoms with Crippen LogP contribution in [0.25, 0.3) is 0 Å². The van der Waals surface area contributed by atoms with E-state index in [0.29, 0.717) is 18.8 Å². The van der Waals surface area contributed by atoms with E-state index in [1.807, 2.05) is 0 Å². The van der Waals surface area contributed by atoms with Crippen LogP contribution in [0.15, 0.2) is 29.6 Å². The van der Waals surface area contributed by atoms with Crippen molar-refractivity contribution in [2.75, 3.05) is 30.7 Å². The molecule has 1 amide bonds. The normalized spacial score (nSPS) is 10.1. The Morgan fingerprint density at radius 2 is 2.10 bits per heavy atom. The maximum absolute atomic E-state index is 12.0. The highest BCUT2D eigenvalue weighted by Gasteiger charge is 2.13. The first-order chi connectivity index (χ1) is 9.71. The van der Waals surface area contributed by atoms with Crippen LogP contribution >= 0.6 is 23.1 Å². The van der Waals surface area contributed by atoms with Gasteiger partial charge in [0.2, 0.25) is 11.0 Å². The average Bonchev–Trinajstić information content (AvgIpc) is 2.90. The summed E-state index contributed by atoms with van der Waals surface area (Å²) in [6, 6.07) is 0. The second kappa shape index (κ2) is 9.55. The zero-order valence-corrected chi connectivity index (χ0v) is 13.3. The van der Waals surface area contributed by atoms with Gasteiger partial charge >= 0.3 is 0 Å². The van der Waals surface area contributed by atoms with Crippen molar-refractivity contribution in [3.63, 3.8) is 0 Å². The molecule has 0 aliphatic heterocycles. The Hall–Kier alpha value is -1.34. The summed E-state index contributed by atoms with van der Waals surface area (Å²) in [5.74, 6) is 0.400. The molecule has 5 nitrogen and oxygen atoms in total. The summed E-state index contributed by atoms with van der Waals surface area (Å²) >= 11 is 2.88. The van der Waals surface area contributed by atoms with Crippen LogP contribution in [0.1, 0.15) is 13.3 Å². The third-order valence-corrected chi connectivity index (χ3v) is 4.30. The second-order valence-electron chi connectivity index (χ2n) is 3.96. The number of thioether (sulfide) groups is 1. The molecule has 0 aromatic carbocycles. The van der Waals surface area contributed by atoms with Crippen molar-refractivity contribution in [2.24, 2.45) is 0 Å². The zero-order valence-electron chi connectivity index (χ0n) is 11.7. The lowest BCUT2D eigenvalue weighted by molar-refractivity contribution is -0.127. The van der Waals surface area contributed by atoms with Gasteiger partial charge in [-0.3, -0.25) is 4.79 Å². The van der Waals surface area contributed by atoms with E-state index >= 15 is 0 Å². The molecule has 110 valence electrons. The number of anilines is 1. The lowest BCUT2D eigenvalue weighted by atomic mass is 10.4.